The van der Waals surface area contributed by atoms with Crippen LogP contribution in [0.15, 0.2) is 66.7 Å². The molecule has 0 saturated heterocycles. The number of hydrogen-bond donors (Lipinski definition) is 5. The van der Waals surface area contributed by atoms with Gasteiger partial charge >= 0.3 is 23.9 Å². The van der Waals surface area contributed by atoms with Crippen molar-refractivity contribution in [3.05, 3.63) is 106 Å². The number of fused-ring (bicyclic) bond motifs is 3. The van der Waals surface area contributed by atoms with E-state index in [1.165, 1.54) is 35.5 Å². The number of likely N-dealkylation sites (N-methyl/N-ethyl adjacent to an activating group) is 1. The van der Waals surface area contributed by atoms with Crippen LogP contribution in [0, 0.1) is 13.8 Å². The SMILES string of the molecule is CNC1CCc2[nH]c3ccc(C(N)=O)cc3c2C1.Cc1ccc(C(=O)O[C@H](C(=O)O)[C@H](OC(=O)c2ccc(C)cc2)C(=O)O)cc1. The lowest BCUT2D eigenvalue weighted by molar-refractivity contribution is -0.166. The topological polar surface area (TPSA) is 198 Å². The second-order valence-corrected chi connectivity index (χ2v) is 11.0. The van der Waals surface area contributed by atoms with Crippen LogP contribution in [0.3, 0.4) is 0 Å². The van der Waals surface area contributed by atoms with Gasteiger partial charge in [0.15, 0.2) is 0 Å². The first kappa shape index (κ1) is 33.4. The summed E-state index contributed by atoms with van der Waals surface area (Å²) in [4.78, 5) is 62.0. The second kappa shape index (κ2) is 14.5. The number of aromatic amines is 1. The molecule has 12 nitrogen and oxygen atoms in total. The number of rotatable bonds is 9. The number of aliphatic carboxylic acids is 2. The van der Waals surface area contributed by atoms with Crippen molar-refractivity contribution in [3.8, 4) is 0 Å². The summed E-state index contributed by atoms with van der Waals surface area (Å²) in [6, 6.07) is 18.2. The lowest BCUT2D eigenvalue weighted by Gasteiger charge is -2.21. The number of carbonyl (C=O) groups excluding carboxylic acids is 3. The van der Waals surface area contributed by atoms with Crippen LogP contribution in [0.5, 0.6) is 0 Å². The van der Waals surface area contributed by atoms with Crippen molar-refractivity contribution in [3.63, 3.8) is 0 Å². The summed E-state index contributed by atoms with van der Waals surface area (Å²) < 4.78 is 9.64. The van der Waals surface area contributed by atoms with Gasteiger partial charge in [0.05, 0.1) is 11.1 Å². The minimum atomic E-state index is -2.22. The zero-order valence-corrected chi connectivity index (χ0v) is 25.5. The number of hydrogen-bond acceptors (Lipinski definition) is 8. The van der Waals surface area contributed by atoms with Crippen LogP contribution in [0.2, 0.25) is 0 Å². The van der Waals surface area contributed by atoms with E-state index in [2.05, 4.69) is 10.3 Å². The Balaban J connectivity index is 0.000000228. The Bertz CT molecular complexity index is 1690. The Hall–Kier alpha value is -5.49. The first-order chi connectivity index (χ1) is 21.9. The average Bonchev–Trinajstić information content (AvgIpc) is 3.40. The molecular weight excluding hydrogens is 594 g/mol. The smallest absolute Gasteiger partial charge is 0.349 e. The Morgan fingerprint density at radius 2 is 1.28 bits per heavy atom. The molecular formula is C34H35N3O9. The summed E-state index contributed by atoms with van der Waals surface area (Å²) in [6.45, 7) is 3.58. The van der Waals surface area contributed by atoms with Crippen LogP contribution in [-0.4, -0.2) is 70.3 Å². The monoisotopic (exact) mass is 629 g/mol. The van der Waals surface area contributed by atoms with E-state index in [1.54, 1.807) is 44.2 Å². The number of H-pyrrole nitrogens is 1. The van der Waals surface area contributed by atoms with Gasteiger partial charge in [-0.2, -0.15) is 0 Å². The average molecular weight is 630 g/mol. The number of nitrogens with two attached hydrogens (primary N) is 1. The molecule has 46 heavy (non-hydrogen) atoms. The fourth-order valence-corrected chi connectivity index (χ4v) is 5.05. The Kier molecular flexibility index (Phi) is 10.5. The van der Waals surface area contributed by atoms with Crippen molar-refractivity contribution in [1.82, 2.24) is 10.3 Å². The molecule has 12 heteroatoms. The van der Waals surface area contributed by atoms with Gasteiger partial charge in [0.1, 0.15) is 0 Å². The number of aromatic nitrogens is 1. The van der Waals surface area contributed by atoms with E-state index in [-0.39, 0.29) is 17.0 Å². The highest BCUT2D eigenvalue weighted by Gasteiger charge is 2.41. The number of amides is 1. The van der Waals surface area contributed by atoms with Crippen molar-refractivity contribution in [2.75, 3.05) is 7.05 Å². The standard InChI is InChI=1S/C20H18O8.C14H17N3O/c1-11-3-7-13(8-4-11)19(25)27-15(17(21)22)16(18(23)24)28-20(26)14-9-5-12(2)6-10-14;1-16-9-3-5-13-11(7-9)10-6-8(14(15)18)2-4-12(10)17-13/h3-10,15-16H,1-2H3,(H,21,22)(H,23,24);2,4,6,9,16-17H,3,5,7H2,1H3,(H2,15,18)/t15-,16-;/m0./s1. The van der Waals surface area contributed by atoms with Gasteiger partial charge in [0.2, 0.25) is 18.1 Å². The molecule has 0 saturated carbocycles. The van der Waals surface area contributed by atoms with E-state index in [0.29, 0.717) is 11.6 Å². The van der Waals surface area contributed by atoms with Gasteiger partial charge in [-0.05, 0) is 88.2 Å². The molecule has 5 rings (SSSR count). The molecule has 0 aliphatic heterocycles. The molecule has 6 N–H and O–H groups in total. The molecule has 4 aromatic rings. The molecule has 0 radical (unpaired) electrons. The van der Waals surface area contributed by atoms with Crippen molar-refractivity contribution in [2.24, 2.45) is 5.73 Å². The van der Waals surface area contributed by atoms with Gasteiger partial charge in [-0.1, -0.05) is 35.4 Å². The van der Waals surface area contributed by atoms with Crippen LogP contribution < -0.4 is 11.1 Å². The number of primary amides is 1. The lowest BCUT2D eigenvalue weighted by atomic mass is 9.91. The van der Waals surface area contributed by atoms with E-state index >= 15 is 0 Å². The molecule has 1 aliphatic rings. The maximum atomic E-state index is 12.2. The number of ether oxygens (including phenoxy) is 2. The highest BCUT2D eigenvalue weighted by atomic mass is 16.6. The molecule has 1 aromatic heterocycles. The third-order valence-electron chi connectivity index (χ3n) is 7.68. The van der Waals surface area contributed by atoms with Crippen molar-refractivity contribution in [2.45, 2.75) is 51.4 Å². The molecule has 240 valence electrons. The summed E-state index contributed by atoms with van der Waals surface area (Å²) in [5.74, 6) is -5.99. The predicted molar refractivity (Wildman–Crippen MR) is 168 cm³/mol. The van der Waals surface area contributed by atoms with Gasteiger partial charge in [-0.25, -0.2) is 19.2 Å². The molecule has 3 atom stereocenters. The van der Waals surface area contributed by atoms with Crippen molar-refractivity contribution in [1.29, 1.82) is 0 Å². The second-order valence-electron chi connectivity index (χ2n) is 11.0. The fourth-order valence-electron chi connectivity index (χ4n) is 5.05. The van der Waals surface area contributed by atoms with Crippen molar-refractivity contribution < 1.29 is 43.7 Å². The minimum Gasteiger partial charge on any atom is -0.478 e. The van der Waals surface area contributed by atoms with Gasteiger partial charge in [0, 0.05) is 28.2 Å². The van der Waals surface area contributed by atoms with Gasteiger partial charge in [-0.3, -0.25) is 4.79 Å². The zero-order chi connectivity index (χ0) is 33.5. The largest absolute Gasteiger partial charge is 0.478 e. The fraction of sp³-hybridized carbons (Fsp3) is 0.265. The first-order valence-electron chi connectivity index (χ1n) is 14.5. The Labute approximate surface area is 264 Å². The molecule has 1 aliphatic carbocycles. The normalized spacial score (nSPS) is 15.0. The zero-order valence-electron chi connectivity index (χ0n) is 25.5. The number of aryl methyl sites for hydroxylation is 3. The first-order valence-corrected chi connectivity index (χ1v) is 14.5. The van der Waals surface area contributed by atoms with Gasteiger partial charge in [-0.15, -0.1) is 0 Å². The molecule has 0 spiro atoms. The number of carbonyl (C=O) groups is 5. The van der Waals surface area contributed by atoms with E-state index in [1.807, 2.05) is 19.2 Å². The molecule has 1 heterocycles. The van der Waals surface area contributed by atoms with Crippen LogP contribution >= 0.6 is 0 Å². The van der Waals surface area contributed by atoms with Crippen LogP contribution in [0.4, 0.5) is 0 Å². The summed E-state index contributed by atoms with van der Waals surface area (Å²) in [6.07, 6.45) is -1.23. The molecule has 0 bridgehead atoms. The number of nitrogens with one attached hydrogen (secondary N) is 2. The highest BCUT2D eigenvalue weighted by molar-refractivity contribution is 5.98. The number of esters is 2. The maximum Gasteiger partial charge on any atom is 0.349 e. The molecule has 1 amide bonds. The summed E-state index contributed by atoms with van der Waals surface area (Å²) in [5, 5.41) is 23.1. The lowest BCUT2D eigenvalue weighted by Crippen LogP contribution is -2.45. The third kappa shape index (κ3) is 7.96. The van der Waals surface area contributed by atoms with Crippen LogP contribution in [-0.2, 0) is 31.9 Å². The predicted octanol–water partition coefficient (Wildman–Crippen LogP) is 3.57. The van der Waals surface area contributed by atoms with Gasteiger partial charge in [0.25, 0.3) is 0 Å². The van der Waals surface area contributed by atoms with Gasteiger partial charge < -0.3 is 35.7 Å². The molecule has 1 unspecified atom stereocenters. The molecule has 0 fully saturated rings. The number of benzene rings is 3. The number of carboxylic acids is 2. The van der Waals surface area contributed by atoms with E-state index in [0.717, 1.165) is 41.3 Å². The minimum absolute atomic E-state index is 0.0332. The maximum absolute atomic E-state index is 12.2. The van der Waals surface area contributed by atoms with E-state index < -0.39 is 36.1 Å². The van der Waals surface area contributed by atoms with Crippen molar-refractivity contribution >= 4 is 40.7 Å². The number of carboxylic acid groups (broad SMARTS) is 2. The summed E-state index contributed by atoms with van der Waals surface area (Å²) in [5.41, 5.74) is 11.4. The summed E-state index contributed by atoms with van der Waals surface area (Å²) in [7, 11) is 2.00. The Morgan fingerprint density at radius 1 is 0.804 bits per heavy atom. The Morgan fingerprint density at radius 3 is 1.72 bits per heavy atom. The third-order valence-corrected chi connectivity index (χ3v) is 7.68. The van der Waals surface area contributed by atoms with E-state index in [9.17, 15) is 34.2 Å². The molecule has 3 aromatic carbocycles. The summed E-state index contributed by atoms with van der Waals surface area (Å²) >= 11 is 0. The quantitative estimate of drug-likeness (QED) is 0.171. The van der Waals surface area contributed by atoms with Crippen LogP contribution in [0.1, 0.15) is 59.9 Å². The van der Waals surface area contributed by atoms with Crippen LogP contribution in [0.25, 0.3) is 10.9 Å². The van der Waals surface area contributed by atoms with E-state index in [4.69, 9.17) is 15.2 Å². The highest BCUT2D eigenvalue weighted by Crippen LogP contribution is 2.30.